The lowest BCUT2D eigenvalue weighted by molar-refractivity contribution is 0.448. The number of nitrogens with zero attached hydrogens (tertiary/aromatic N) is 6. The highest BCUT2D eigenvalue weighted by atomic mass is 19.2. The lowest BCUT2D eigenvalue weighted by Gasteiger charge is -2.16. The van der Waals surface area contributed by atoms with Crippen LogP contribution in [-0.2, 0) is 0 Å². The fraction of sp³-hybridized carbons (Fsp3) is 0. The van der Waals surface area contributed by atoms with Crippen LogP contribution in [0.15, 0.2) is 115 Å². The van der Waals surface area contributed by atoms with E-state index in [9.17, 15) is 18.4 Å². The monoisotopic (exact) mass is 664 g/mol. The van der Waals surface area contributed by atoms with Crippen molar-refractivity contribution >= 4 is 44.1 Å². The van der Waals surface area contributed by atoms with Crippen LogP contribution in [0.5, 0.6) is 0 Å². The molecular formula is C42H19F3N6. The highest BCUT2D eigenvalue weighted by molar-refractivity contribution is 6.23. The Morgan fingerprint density at radius 2 is 1.12 bits per heavy atom. The molecule has 8 rings (SSSR count). The Balaban J connectivity index is 1.42. The average molecular weight is 665 g/mol. The van der Waals surface area contributed by atoms with Crippen LogP contribution < -0.4 is 0 Å². The molecule has 51 heavy (non-hydrogen) atoms. The van der Waals surface area contributed by atoms with Crippen molar-refractivity contribution in [3.8, 4) is 51.0 Å². The van der Waals surface area contributed by atoms with Crippen molar-refractivity contribution in [1.29, 1.82) is 5.26 Å². The molecule has 238 valence electrons. The number of nitriles is 1. The molecule has 6 nitrogen and oxygen atoms in total. The summed E-state index contributed by atoms with van der Waals surface area (Å²) in [4.78, 5) is 22.7. The van der Waals surface area contributed by atoms with Crippen LogP contribution in [0.4, 0.5) is 24.5 Å². The van der Waals surface area contributed by atoms with Gasteiger partial charge < -0.3 is 0 Å². The van der Waals surface area contributed by atoms with Crippen LogP contribution >= 0.6 is 0 Å². The Morgan fingerprint density at radius 1 is 0.549 bits per heavy atom. The molecule has 0 saturated heterocycles. The fourth-order valence-electron chi connectivity index (χ4n) is 6.26. The molecule has 8 aromatic rings. The molecule has 0 radical (unpaired) electrons. The number of rotatable bonds is 4. The van der Waals surface area contributed by atoms with Gasteiger partial charge in [0.1, 0.15) is 0 Å². The number of para-hydroxylation sites is 1. The Morgan fingerprint density at radius 3 is 1.75 bits per heavy atom. The Hall–Kier alpha value is -7.41. The van der Waals surface area contributed by atoms with Gasteiger partial charge in [0.15, 0.2) is 23.1 Å². The maximum absolute atomic E-state index is 14.0. The largest absolute Gasteiger partial charge is 0.255 e. The van der Waals surface area contributed by atoms with Gasteiger partial charge in [0.2, 0.25) is 5.69 Å². The van der Waals surface area contributed by atoms with Crippen molar-refractivity contribution in [2.24, 2.45) is 0 Å². The van der Waals surface area contributed by atoms with Gasteiger partial charge in [-0.1, -0.05) is 78.9 Å². The molecular weight excluding hydrogens is 645 g/mol. The lowest BCUT2D eigenvalue weighted by atomic mass is 9.95. The van der Waals surface area contributed by atoms with Crippen LogP contribution in [-0.4, -0.2) is 15.0 Å². The molecule has 2 heterocycles. The third-order valence-electron chi connectivity index (χ3n) is 8.74. The summed E-state index contributed by atoms with van der Waals surface area (Å²) in [6.45, 7) is 15.6. The van der Waals surface area contributed by atoms with E-state index in [0.717, 1.165) is 22.9 Å². The van der Waals surface area contributed by atoms with Crippen LogP contribution in [0.2, 0.25) is 0 Å². The van der Waals surface area contributed by atoms with Crippen LogP contribution in [0.3, 0.4) is 0 Å². The van der Waals surface area contributed by atoms with E-state index >= 15 is 0 Å². The van der Waals surface area contributed by atoms with Gasteiger partial charge in [0.25, 0.3) is 0 Å². The zero-order valence-corrected chi connectivity index (χ0v) is 26.3. The van der Waals surface area contributed by atoms with Crippen LogP contribution in [0, 0.1) is 41.9 Å². The van der Waals surface area contributed by atoms with E-state index < -0.39 is 17.5 Å². The highest BCUT2D eigenvalue weighted by Crippen LogP contribution is 2.43. The zero-order valence-electron chi connectivity index (χ0n) is 26.3. The average Bonchev–Trinajstić information content (AvgIpc) is 3.18. The number of halogens is 3. The van der Waals surface area contributed by atoms with Gasteiger partial charge in [-0.05, 0) is 53.1 Å². The summed E-state index contributed by atoms with van der Waals surface area (Å²) < 4.78 is 41.7. The number of hydrogen-bond acceptors (Lipinski definition) is 4. The van der Waals surface area contributed by atoms with E-state index in [1.54, 1.807) is 78.9 Å². The van der Waals surface area contributed by atoms with Crippen LogP contribution in [0.1, 0.15) is 5.56 Å². The van der Waals surface area contributed by atoms with Gasteiger partial charge in [-0.25, -0.2) is 32.8 Å². The van der Waals surface area contributed by atoms with Gasteiger partial charge in [-0.15, -0.1) is 0 Å². The smallest absolute Gasteiger partial charge is 0.215 e. The second kappa shape index (κ2) is 12.2. The van der Waals surface area contributed by atoms with Crippen LogP contribution in [0.25, 0.3) is 87.3 Å². The van der Waals surface area contributed by atoms with E-state index in [4.69, 9.17) is 28.1 Å². The SMILES string of the molecule is [C-]#[N+]c1ccc(-c2nc3c([N+]#[C-])cc4c(-c5ccc(-c6cc(F)c(F)c(F)c6)cc5)nc5ccccc5c4c3nc2-c2ccc(C#N)cc2)cc1. The molecule has 0 aliphatic carbocycles. The van der Waals surface area contributed by atoms with E-state index in [2.05, 4.69) is 15.8 Å². The number of fused-ring (bicyclic) bond motifs is 5. The first-order valence-corrected chi connectivity index (χ1v) is 15.6. The molecule has 0 aliphatic rings. The first kappa shape index (κ1) is 30.9. The van der Waals surface area contributed by atoms with E-state index in [-0.39, 0.29) is 11.3 Å². The van der Waals surface area contributed by atoms with Gasteiger partial charge >= 0.3 is 0 Å². The zero-order chi connectivity index (χ0) is 35.2. The van der Waals surface area contributed by atoms with Gasteiger partial charge in [-0.2, -0.15) is 5.26 Å². The Bertz CT molecular complexity index is 2820. The minimum Gasteiger partial charge on any atom is -0.255 e. The third-order valence-corrected chi connectivity index (χ3v) is 8.74. The fourth-order valence-corrected chi connectivity index (χ4v) is 6.26. The normalized spacial score (nSPS) is 11.0. The molecule has 0 bridgehead atoms. The maximum Gasteiger partial charge on any atom is 0.215 e. The second-order valence-corrected chi connectivity index (χ2v) is 11.7. The van der Waals surface area contributed by atoms with E-state index in [0.29, 0.717) is 72.5 Å². The van der Waals surface area contributed by atoms with E-state index in [1.165, 1.54) is 0 Å². The first-order valence-electron chi connectivity index (χ1n) is 15.6. The quantitative estimate of drug-likeness (QED) is 0.107. The van der Waals surface area contributed by atoms with Crippen molar-refractivity contribution < 1.29 is 13.2 Å². The van der Waals surface area contributed by atoms with Gasteiger partial charge in [-0.3, -0.25) is 4.98 Å². The minimum absolute atomic E-state index is 0.181. The molecule has 6 aromatic carbocycles. The number of hydrogen-bond donors (Lipinski definition) is 0. The highest BCUT2D eigenvalue weighted by Gasteiger charge is 2.22. The Labute approximate surface area is 289 Å². The number of benzene rings is 6. The molecule has 0 unspecified atom stereocenters. The molecule has 0 N–H and O–H groups in total. The van der Waals surface area contributed by atoms with Crippen molar-refractivity contribution in [3.05, 3.63) is 161 Å². The summed E-state index contributed by atoms with van der Waals surface area (Å²) >= 11 is 0. The molecule has 9 heteroatoms. The molecule has 0 fully saturated rings. The maximum atomic E-state index is 14.0. The number of aromatic nitrogens is 3. The predicted molar refractivity (Wildman–Crippen MR) is 191 cm³/mol. The summed E-state index contributed by atoms with van der Waals surface area (Å²) in [5, 5.41) is 11.6. The van der Waals surface area contributed by atoms with Crippen molar-refractivity contribution in [2.45, 2.75) is 0 Å². The topological polar surface area (TPSA) is 71.2 Å². The molecule has 0 saturated carbocycles. The van der Waals surface area contributed by atoms with E-state index in [1.807, 2.05) is 24.3 Å². The first-order chi connectivity index (χ1) is 24.9. The molecule has 2 aromatic heterocycles. The van der Waals surface area contributed by atoms with Crippen molar-refractivity contribution in [2.75, 3.05) is 0 Å². The number of pyridine rings is 1. The second-order valence-electron chi connectivity index (χ2n) is 11.7. The van der Waals surface area contributed by atoms with Gasteiger partial charge in [0.05, 0.1) is 58.4 Å². The predicted octanol–water partition coefficient (Wildman–Crippen LogP) is 11.4. The summed E-state index contributed by atoms with van der Waals surface area (Å²) in [5.41, 5.74) is 7.07. The molecule has 0 atom stereocenters. The lowest BCUT2D eigenvalue weighted by Crippen LogP contribution is -1.98. The molecule has 0 aliphatic heterocycles. The summed E-state index contributed by atoms with van der Waals surface area (Å²) in [6.07, 6.45) is 0. The summed E-state index contributed by atoms with van der Waals surface area (Å²) in [5.74, 6) is -4.08. The summed E-state index contributed by atoms with van der Waals surface area (Å²) in [6, 6.07) is 34.3. The standard InChI is InChI=1S/C42H19F3N6/c1-47-29-17-15-27(16-18-29)39-40(26-9-7-23(22-46)8-10-26)51-42-36-30-5-3-4-6-34(30)49-38(31(36)21-35(48-2)41(42)50-39)25-13-11-24(12-14-25)28-19-32(43)37(45)33(44)20-28/h3-21H. The molecule has 0 spiro atoms. The van der Waals surface area contributed by atoms with Gasteiger partial charge in [0, 0.05) is 27.3 Å². The summed E-state index contributed by atoms with van der Waals surface area (Å²) in [7, 11) is 0. The van der Waals surface area contributed by atoms with Crippen molar-refractivity contribution in [1.82, 2.24) is 15.0 Å². The minimum atomic E-state index is -1.53. The third kappa shape index (κ3) is 5.25. The molecule has 0 amide bonds. The van der Waals surface area contributed by atoms with Crippen molar-refractivity contribution in [3.63, 3.8) is 0 Å². The Kier molecular flexibility index (Phi) is 7.41.